The van der Waals surface area contributed by atoms with Crippen LogP contribution in [0.2, 0.25) is 10.0 Å². The summed E-state index contributed by atoms with van der Waals surface area (Å²) in [5.41, 5.74) is -1.88. The fourth-order valence-corrected chi connectivity index (χ4v) is 5.74. The number of alkyl halides is 3. The summed E-state index contributed by atoms with van der Waals surface area (Å²) in [5.74, 6) is -0.316. The highest BCUT2D eigenvalue weighted by atomic mass is 35.5. The highest BCUT2D eigenvalue weighted by Crippen LogP contribution is 2.53. The largest absolute Gasteiger partial charge is 0.416 e. The van der Waals surface area contributed by atoms with Crippen molar-refractivity contribution in [3.63, 3.8) is 0 Å². The van der Waals surface area contributed by atoms with Crippen molar-refractivity contribution in [1.82, 2.24) is 4.90 Å². The maximum Gasteiger partial charge on any atom is 0.416 e. The van der Waals surface area contributed by atoms with Gasteiger partial charge in [-0.2, -0.15) is 13.2 Å². The number of allylic oxidation sites excluding steroid dienone is 1. The number of amides is 1. The van der Waals surface area contributed by atoms with Crippen LogP contribution in [0.4, 0.5) is 13.2 Å². The van der Waals surface area contributed by atoms with Gasteiger partial charge in [-0.1, -0.05) is 67.4 Å². The summed E-state index contributed by atoms with van der Waals surface area (Å²) in [7, 11) is 0. The van der Waals surface area contributed by atoms with E-state index in [1.165, 1.54) is 0 Å². The third-order valence-corrected chi connectivity index (χ3v) is 8.11. The van der Waals surface area contributed by atoms with Gasteiger partial charge in [-0.15, -0.1) is 6.58 Å². The van der Waals surface area contributed by atoms with Crippen molar-refractivity contribution in [3.8, 4) is 0 Å². The van der Waals surface area contributed by atoms with Gasteiger partial charge in [0.25, 0.3) is 0 Å². The zero-order valence-electron chi connectivity index (χ0n) is 21.4. The van der Waals surface area contributed by atoms with Crippen LogP contribution >= 0.6 is 23.2 Å². The molecule has 1 aliphatic heterocycles. The van der Waals surface area contributed by atoms with E-state index in [1.807, 2.05) is 44.2 Å². The Balaban J connectivity index is 2.16. The van der Waals surface area contributed by atoms with Crippen LogP contribution in [-0.4, -0.2) is 33.7 Å². The minimum absolute atomic E-state index is 0.00866. The fraction of sp³-hybridized carbons (Fsp3) is 0.483. The number of aliphatic hydroxyl groups is 1. The Hall–Kier alpha value is -2.02. The van der Waals surface area contributed by atoms with Crippen molar-refractivity contribution in [1.29, 1.82) is 0 Å². The summed E-state index contributed by atoms with van der Waals surface area (Å²) in [5, 5.41) is 11.3. The molecule has 1 N–H and O–H groups in total. The Labute approximate surface area is 227 Å². The number of hydrogen-bond acceptors (Lipinski definition) is 2. The molecule has 3 nitrogen and oxygen atoms in total. The summed E-state index contributed by atoms with van der Waals surface area (Å²) < 4.78 is 40.4. The Morgan fingerprint density at radius 1 is 1.16 bits per heavy atom. The lowest BCUT2D eigenvalue weighted by Crippen LogP contribution is -2.56. The molecule has 1 amide bonds. The lowest BCUT2D eigenvalue weighted by Gasteiger charge is -2.52. The Morgan fingerprint density at radius 3 is 2.35 bits per heavy atom. The molecular formula is C29H34Cl2F3NO2. The first kappa shape index (κ1) is 29.5. The summed E-state index contributed by atoms with van der Waals surface area (Å²) in [6.45, 7) is 8.38. The normalized spacial score (nSPS) is 25.0. The van der Waals surface area contributed by atoms with E-state index in [0.717, 1.165) is 18.1 Å². The van der Waals surface area contributed by atoms with Crippen LogP contribution in [-0.2, 0) is 4.79 Å². The molecule has 0 aromatic heterocycles. The summed E-state index contributed by atoms with van der Waals surface area (Å²) >= 11 is 12.5. The van der Waals surface area contributed by atoms with E-state index in [1.54, 1.807) is 29.2 Å². The molecule has 0 saturated carbocycles. The molecule has 2 aromatic carbocycles. The van der Waals surface area contributed by atoms with Gasteiger partial charge < -0.3 is 10.0 Å². The number of piperidine rings is 1. The maximum atomic E-state index is 14.2. The van der Waals surface area contributed by atoms with Gasteiger partial charge in [0.05, 0.1) is 11.5 Å². The second-order valence-electron chi connectivity index (χ2n) is 10.5. The van der Waals surface area contributed by atoms with E-state index in [2.05, 4.69) is 6.58 Å². The number of hydrogen-bond donors (Lipinski definition) is 1. The van der Waals surface area contributed by atoms with Crippen molar-refractivity contribution in [3.05, 3.63) is 82.4 Å². The van der Waals surface area contributed by atoms with Crippen LogP contribution in [0.5, 0.6) is 0 Å². The van der Waals surface area contributed by atoms with Gasteiger partial charge in [0.2, 0.25) is 5.91 Å². The van der Waals surface area contributed by atoms with E-state index in [4.69, 9.17) is 23.2 Å². The standard InChI is InChI=1S/C29H34Cl2F3NO2/c1-5-15-27(3)18-24(20-8-7-9-22(31)17-20)25(19-10-12-21(30)13-11-19)35(26(27)36)23(6-2)14-16-28(4,37)29(32,33)34/h5,7-13,17,23-25,37H,1,6,14-16,18H2,2-4H3/t23?,24-,25?,27+,28+/m1/s1. The van der Waals surface area contributed by atoms with Crippen molar-refractivity contribution in [2.45, 2.75) is 82.7 Å². The first-order valence-corrected chi connectivity index (χ1v) is 13.2. The van der Waals surface area contributed by atoms with E-state index in [0.29, 0.717) is 29.3 Å². The number of nitrogens with zero attached hydrogens (tertiary/aromatic N) is 1. The van der Waals surface area contributed by atoms with Gasteiger partial charge >= 0.3 is 6.18 Å². The zero-order valence-corrected chi connectivity index (χ0v) is 22.9. The third-order valence-electron chi connectivity index (χ3n) is 7.62. The molecule has 202 valence electrons. The molecule has 37 heavy (non-hydrogen) atoms. The van der Waals surface area contributed by atoms with Crippen LogP contribution < -0.4 is 0 Å². The molecule has 1 saturated heterocycles. The molecule has 0 radical (unpaired) electrons. The lowest BCUT2D eigenvalue weighted by molar-refractivity contribution is -0.256. The molecule has 0 aliphatic carbocycles. The van der Waals surface area contributed by atoms with Gasteiger partial charge in [-0.3, -0.25) is 4.79 Å². The number of rotatable bonds is 9. The Morgan fingerprint density at radius 2 is 1.81 bits per heavy atom. The second kappa shape index (κ2) is 11.4. The van der Waals surface area contributed by atoms with Crippen LogP contribution in [0.1, 0.15) is 76.0 Å². The molecule has 1 aliphatic rings. The number of carbonyl (C=O) groups is 1. The van der Waals surface area contributed by atoms with Crippen LogP contribution in [0.3, 0.4) is 0 Å². The predicted molar refractivity (Wildman–Crippen MR) is 143 cm³/mol. The predicted octanol–water partition coefficient (Wildman–Crippen LogP) is 8.51. The van der Waals surface area contributed by atoms with Gasteiger partial charge in [0, 0.05) is 22.0 Å². The minimum atomic E-state index is -4.77. The Kier molecular flexibility index (Phi) is 9.09. The first-order valence-electron chi connectivity index (χ1n) is 12.5. The highest BCUT2D eigenvalue weighted by Gasteiger charge is 2.53. The quantitative estimate of drug-likeness (QED) is 0.315. The van der Waals surface area contributed by atoms with Crippen molar-refractivity contribution in [2.24, 2.45) is 5.41 Å². The minimum Gasteiger partial charge on any atom is -0.381 e. The molecule has 8 heteroatoms. The number of halogens is 5. The van der Waals surface area contributed by atoms with E-state index >= 15 is 0 Å². The van der Waals surface area contributed by atoms with Gasteiger partial charge in [0.1, 0.15) is 0 Å². The monoisotopic (exact) mass is 555 g/mol. The Bertz CT molecular complexity index is 1100. The molecule has 0 bridgehead atoms. The summed E-state index contributed by atoms with van der Waals surface area (Å²) in [6.07, 6.45) is -2.23. The molecule has 2 aromatic rings. The zero-order chi connectivity index (χ0) is 27.6. The number of likely N-dealkylation sites (tertiary alicyclic amines) is 1. The molecule has 0 spiro atoms. The van der Waals surface area contributed by atoms with E-state index in [9.17, 15) is 23.1 Å². The summed E-state index contributed by atoms with van der Waals surface area (Å²) in [4.78, 5) is 16.0. The first-order chi connectivity index (χ1) is 17.2. The van der Waals surface area contributed by atoms with Crippen molar-refractivity contribution in [2.75, 3.05) is 0 Å². The topological polar surface area (TPSA) is 40.5 Å². The molecule has 1 fully saturated rings. The van der Waals surface area contributed by atoms with Crippen molar-refractivity contribution >= 4 is 29.1 Å². The fourth-order valence-electron chi connectivity index (χ4n) is 5.42. The lowest BCUT2D eigenvalue weighted by atomic mass is 9.67. The molecule has 3 rings (SSSR count). The van der Waals surface area contributed by atoms with Crippen LogP contribution in [0.15, 0.2) is 61.2 Å². The smallest absolute Gasteiger partial charge is 0.381 e. The van der Waals surface area contributed by atoms with Gasteiger partial charge in [-0.05, 0) is 74.4 Å². The molecule has 2 unspecified atom stereocenters. The van der Waals surface area contributed by atoms with E-state index < -0.39 is 35.7 Å². The van der Waals surface area contributed by atoms with E-state index in [-0.39, 0.29) is 18.2 Å². The molecular weight excluding hydrogens is 522 g/mol. The van der Waals surface area contributed by atoms with Crippen LogP contribution in [0, 0.1) is 5.41 Å². The molecule has 5 atom stereocenters. The van der Waals surface area contributed by atoms with Crippen LogP contribution in [0.25, 0.3) is 0 Å². The summed E-state index contributed by atoms with van der Waals surface area (Å²) in [6, 6.07) is 13.7. The SMILES string of the molecule is C=CC[C@@]1(C)C[C@H](c2cccc(Cl)c2)C(c2ccc(Cl)cc2)N(C(CC)CC[C@](C)(O)C(F)(F)F)C1=O. The maximum absolute atomic E-state index is 14.2. The van der Waals surface area contributed by atoms with Gasteiger partial charge in [-0.25, -0.2) is 0 Å². The number of benzene rings is 2. The average molecular weight is 556 g/mol. The number of carbonyl (C=O) groups excluding carboxylic acids is 1. The second-order valence-corrected chi connectivity index (χ2v) is 11.4. The molecule has 1 heterocycles. The third kappa shape index (κ3) is 6.35. The average Bonchev–Trinajstić information content (AvgIpc) is 2.82. The van der Waals surface area contributed by atoms with Crippen molar-refractivity contribution < 1.29 is 23.1 Å². The van der Waals surface area contributed by atoms with Gasteiger partial charge in [0.15, 0.2) is 5.60 Å². The highest BCUT2D eigenvalue weighted by molar-refractivity contribution is 6.30.